The first-order valence-corrected chi connectivity index (χ1v) is 7.97. The third-order valence-electron chi connectivity index (χ3n) is 3.81. The predicted octanol–water partition coefficient (Wildman–Crippen LogP) is 3.17. The number of rotatable bonds is 6. The van der Waals surface area contributed by atoms with Crippen molar-refractivity contribution in [2.45, 2.75) is 26.3 Å². The lowest BCUT2D eigenvalue weighted by molar-refractivity contribution is 0.0692. The first-order chi connectivity index (χ1) is 11.9. The maximum atomic E-state index is 12.5. The molecule has 6 heteroatoms. The Kier molecular flexibility index (Phi) is 5.89. The molecule has 3 N–H and O–H groups in total. The fourth-order valence-corrected chi connectivity index (χ4v) is 2.25. The van der Waals surface area contributed by atoms with Gasteiger partial charge in [-0.05, 0) is 37.6 Å². The molecule has 0 aliphatic carbocycles. The van der Waals surface area contributed by atoms with E-state index < -0.39 is 11.9 Å². The Morgan fingerprint density at radius 3 is 2.08 bits per heavy atom. The zero-order valence-electron chi connectivity index (χ0n) is 14.1. The number of hydrogen-bond acceptors (Lipinski definition) is 3. The number of aromatic carboxylic acids is 1. The fraction of sp³-hybridized carbons (Fsp3) is 0.211. The first kappa shape index (κ1) is 18.2. The van der Waals surface area contributed by atoms with E-state index in [4.69, 9.17) is 0 Å². The number of nitrogens with one attached hydrogen (secondary N) is 2. The van der Waals surface area contributed by atoms with E-state index in [9.17, 15) is 19.5 Å². The normalized spacial score (nSPS) is 11.4. The summed E-state index contributed by atoms with van der Waals surface area (Å²) in [6.07, 6.45) is 0.784. The standard InChI is InChI=1S/C19H20N2O4/c1-3-12(2)20-18(23)15-10-6-7-11-16(15)21-17(22)13-8-4-5-9-14(13)19(24)25/h4-12H,3H2,1-2H3,(H,20,23)(H,21,22)(H,24,25). The van der Waals surface area contributed by atoms with Crippen molar-refractivity contribution in [3.05, 3.63) is 65.2 Å². The Morgan fingerprint density at radius 2 is 1.48 bits per heavy atom. The number of carboxylic acids is 1. The van der Waals surface area contributed by atoms with Crippen LogP contribution in [0.25, 0.3) is 0 Å². The highest BCUT2D eigenvalue weighted by molar-refractivity contribution is 6.13. The molecule has 2 aromatic carbocycles. The predicted molar refractivity (Wildman–Crippen MR) is 95.0 cm³/mol. The molecular weight excluding hydrogens is 320 g/mol. The zero-order valence-corrected chi connectivity index (χ0v) is 14.1. The quantitative estimate of drug-likeness (QED) is 0.752. The van der Waals surface area contributed by atoms with Gasteiger partial charge < -0.3 is 15.7 Å². The average Bonchev–Trinajstić information content (AvgIpc) is 2.61. The fourth-order valence-electron chi connectivity index (χ4n) is 2.25. The Bertz CT molecular complexity index is 802. The molecule has 2 amide bonds. The first-order valence-electron chi connectivity index (χ1n) is 7.97. The van der Waals surface area contributed by atoms with Gasteiger partial charge in [0.2, 0.25) is 0 Å². The molecule has 1 atom stereocenters. The van der Waals surface area contributed by atoms with Crippen LogP contribution in [-0.4, -0.2) is 28.9 Å². The molecule has 6 nitrogen and oxygen atoms in total. The van der Waals surface area contributed by atoms with Gasteiger partial charge in [0.15, 0.2) is 0 Å². The third kappa shape index (κ3) is 4.44. The number of hydrogen-bond donors (Lipinski definition) is 3. The van der Waals surface area contributed by atoms with E-state index in [-0.39, 0.29) is 23.1 Å². The lowest BCUT2D eigenvalue weighted by Gasteiger charge is -2.15. The Labute approximate surface area is 145 Å². The second kappa shape index (κ2) is 8.10. The number of anilines is 1. The molecule has 130 valence electrons. The van der Waals surface area contributed by atoms with Crippen molar-refractivity contribution in [1.82, 2.24) is 5.32 Å². The maximum Gasteiger partial charge on any atom is 0.336 e. The molecular formula is C19H20N2O4. The highest BCUT2D eigenvalue weighted by Crippen LogP contribution is 2.18. The van der Waals surface area contributed by atoms with Gasteiger partial charge in [-0.25, -0.2) is 4.79 Å². The van der Waals surface area contributed by atoms with Gasteiger partial charge in [0, 0.05) is 6.04 Å². The second-order valence-electron chi connectivity index (χ2n) is 5.63. The van der Waals surface area contributed by atoms with Crippen LogP contribution < -0.4 is 10.6 Å². The van der Waals surface area contributed by atoms with Crippen LogP contribution in [0.5, 0.6) is 0 Å². The van der Waals surface area contributed by atoms with Crippen molar-refractivity contribution in [2.24, 2.45) is 0 Å². The van der Waals surface area contributed by atoms with Gasteiger partial charge in [-0.1, -0.05) is 31.2 Å². The van der Waals surface area contributed by atoms with E-state index in [0.717, 1.165) is 6.42 Å². The molecule has 0 aliphatic heterocycles. The van der Waals surface area contributed by atoms with Crippen LogP contribution in [0.1, 0.15) is 51.3 Å². The summed E-state index contributed by atoms with van der Waals surface area (Å²) in [6.45, 7) is 3.85. The van der Waals surface area contributed by atoms with Gasteiger partial charge in [-0.15, -0.1) is 0 Å². The molecule has 0 radical (unpaired) electrons. The molecule has 1 unspecified atom stereocenters. The summed E-state index contributed by atoms with van der Waals surface area (Å²) < 4.78 is 0. The van der Waals surface area contributed by atoms with Crippen LogP contribution in [0.3, 0.4) is 0 Å². The topological polar surface area (TPSA) is 95.5 Å². The number of carbonyl (C=O) groups excluding carboxylic acids is 2. The van der Waals surface area contributed by atoms with Crippen LogP contribution in [-0.2, 0) is 0 Å². The van der Waals surface area contributed by atoms with Crippen LogP contribution >= 0.6 is 0 Å². The van der Waals surface area contributed by atoms with Crippen molar-refractivity contribution in [1.29, 1.82) is 0 Å². The summed E-state index contributed by atoms with van der Waals surface area (Å²) in [5.74, 6) is -2.06. The highest BCUT2D eigenvalue weighted by Gasteiger charge is 2.19. The van der Waals surface area contributed by atoms with Crippen molar-refractivity contribution in [2.75, 3.05) is 5.32 Å². The SMILES string of the molecule is CCC(C)NC(=O)c1ccccc1NC(=O)c1ccccc1C(=O)O. The number of benzene rings is 2. The van der Waals surface area contributed by atoms with E-state index in [1.54, 1.807) is 36.4 Å². The van der Waals surface area contributed by atoms with Crippen LogP contribution in [0, 0.1) is 0 Å². The van der Waals surface area contributed by atoms with Gasteiger partial charge in [-0.2, -0.15) is 0 Å². The largest absolute Gasteiger partial charge is 0.478 e. The van der Waals surface area contributed by atoms with Crippen LogP contribution in [0.15, 0.2) is 48.5 Å². The molecule has 2 rings (SSSR count). The van der Waals surface area contributed by atoms with E-state index >= 15 is 0 Å². The molecule has 0 aromatic heterocycles. The van der Waals surface area contributed by atoms with Gasteiger partial charge in [0.25, 0.3) is 11.8 Å². The summed E-state index contributed by atoms with van der Waals surface area (Å²) in [4.78, 5) is 36.1. The summed E-state index contributed by atoms with van der Waals surface area (Å²) in [5.41, 5.74) is 0.589. The van der Waals surface area contributed by atoms with Gasteiger partial charge in [-0.3, -0.25) is 9.59 Å². The van der Waals surface area contributed by atoms with Gasteiger partial charge >= 0.3 is 5.97 Å². The van der Waals surface area contributed by atoms with E-state index in [1.165, 1.54) is 12.1 Å². The van der Waals surface area contributed by atoms with Gasteiger partial charge in [0.05, 0.1) is 22.4 Å². The molecule has 0 saturated heterocycles. The Hall–Kier alpha value is -3.15. The van der Waals surface area contributed by atoms with Crippen molar-refractivity contribution >= 4 is 23.5 Å². The highest BCUT2D eigenvalue weighted by atomic mass is 16.4. The summed E-state index contributed by atoms with van der Waals surface area (Å²) in [6, 6.07) is 12.5. The molecule has 0 bridgehead atoms. The minimum absolute atomic E-state index is 0.00370. The van der Waals surface area contributed by atoms with Crippen molar-refractivity contribution in [3.63, 3.8) is 0 Å². The summed E-state index contributed by atoms with van der Waals surface area (Å²) in [7, 11) is 0. The second-order valence-corrected chi connectivity index (χ2v) is 5.63. The zero-order chi connectivity index (χ0) is 18.4. The van der Waals surface area contributed by atoms with Crippen LogP contribution in [0.2, 0.25) is 0 Å². The minimum atomic E-state index is -1.19. The maximum absolute atomic E-state index is 12.5. The van der Waals surface area contributed by atoms with Crippen LogP contribution in [0.4, 0.5) is 5.69 Å². The van der Waals surface area contributed by atoms with E-state index in [0.29, 0.717) is 11.3 Å². The van der Waals surface area contributed by atoms with E-state index in [2.05, 4.69) is 10.6 Å². The molecule has 0 saturated carbocycles. The molecule has 0 aliphatic rings. The average molecular weight is 340 g/mol. The monoisotopic (exact) mass is 340 g/mol. The molecule has 25 heavy (non-hydrogen) atoms. The molecule has 0 spiro atoms. The Morgan fingerprint density at radius 1 is 0.920 bits per heavy atom. The summed E-state index contributed by atoms with van der Waals surface area (Å²) >= 11 is 0. The molecule has 0 heterocycles. The third-order valence-corrected chi connectivity index (χ3v) is 3.81. The number of carboxylic acid groups (broad SMARTS) is 1. The lowest BCUT2D eigenvalue weighted by atomic mass is 10.1. The number of carbonyl (C=O) groups is 3. The lowest BCUT2D eigenvalue weighted by Crippen LogP contribution is -2.32. The summed E-state index contributed by atoms with van der Waals surface area (Å²) in [5, 5.41) is 14.7. The molecule has 0 fully saturated rings. The number of amides is 2. The van der Waals surface area contributed by atoms with Crippen molar-refractivity contribution in [3.8, 4) is 0 Å². The van der Waals surface area contributed by atoms with E-state index in [1.807, 2.05) is 13.8 Å². The minimum Gasteiger partial charge on any atom is -0.478 e. The molecule has 2 aromatic rings. The van der Waals surface area contributed by atoms with Crippen molar-refractivity contribution < 1.29 is 19.5 Å². The van der Waals surface area contributed by atoms with Gasteiger partial charge in [0.1, 0.15) is 0 Å². The Balaban J connectivity index is 2.28. The number of para-hydroxylation sites is 1. The smallest absolute Gasteiger partial charge is 0.336 e.